The van der Waals surface area contributed by atoms with Crippen LogP contribution in [0.2, 0.25) is 0 Å². The monoisotopic (exact) mass is 459 g/mol. The molecule has 0 bridgehead atoms. The topological polar surface area (TPSA) is 88.2 Å². The highest BCUT2D eigenvalue weighted by Crippen LogP contribution is 2.32. The highest BCUT2D eigenvalue weighted by Gasteiger charge is 2.26. The van der Waals surface area contributed by atoms with Gasteiger partial charge in [0.2, 0.25) is 0 Å². The molecule has 1 amide bonds. The minimum atomic E-state index is -3.82. The van der Waals surface area contributed by atoms with Crippen molar-refractivity contribution in [3.05, 3.63) is 48.0 Å². The quantitative estimate of drug-likeness (QED) is 0.740. The van der Waals surface area contributed by atoms with Crippen molar-refractivity contribution in [3.8, 4) is 11.5 Å². The van der Waals surface area contributed by atoms with Gasteiger partial charge in [0.1, 0.15) is 0 Å². The average Bonchev–Trinajstić information content (AvgIpc) is 3.04. The third-order valence-electron chi connectivity index (χ3n) is 5.83. The van der Waals surface area contributed by atoms with E-state index in [1.165, 1.54) is 12.1 Å². The summed E-state index contributed by atoms with van der Waals surface area (Å²) in [4.78, 5) is 17.0. The summed E-state index contributed by atoms with van der Waals surface area (Å²) in [6.07, 6.45) is 2.80. The summed E-state index contributed by atoms with van der Waals surface area (Å²) in [5, 5.41) is 0. The highest BCUT2D eigenvalue weighted by atomic mass is 32.2. The van der Waals surface area contributed by atoms with Crippen LogP contribution in [0.15, 0.2) is 47.4 Å². The molecule has 32 heavy (non-hydrogen) atoms. The highest BCUT2D eigenvalue weighted by molar-refractivity contribution is 7.92. The second-order valence-corrected chi connectivity index (χ2v) is 10.0. The lowest BCUT2D eigenvalue weighted by atomic mass is 10.0. The van der Waals surface area contributed by atoms with Gasteiger partial charge in [-0.2, -0.15) is 0 Å². The summed E-state index contributed by atoms with van der Waals surface area (Å²) in [6, 6.07) is 11.5. The van der Waals surface area contributed by atoms with Crippen LogP contribution in [-0.4, -0.2) is 70.6 Å². The Labute approximate surface area is 189 Å². The van der Waals surface area contributed by atoms with E-state index in [1.54, 1.807) is 30.3 Å². The SMILES string of the molecule is CN(C)C1CCCN(C(=O)c2ccc(NS(=O)(=O)c3ccc4c(c3)OCCCO4)cc2)C1. The van der Waals surface area contributed by atoms with E-state index in [-0.39, 0.29) is 10.8 Å². The Balaban J connectivity index is 1.45. The Kier molecular flexibility index (Phi) is 6.57. The van der Waals surface area contributed by atoms with E-state index in [4.69, 9.17) is 9.47 Å². The van der Waals surface area contributed by atoms with Gasteiger partial charge < -0.3 is 19.3 Å². The van der Waals surface area contributed by atoms with Crippen LogP contribution in [-0.2, 0) is 10.0 Å². The molecule has 0 saturated carbocycles. The first kappa shape index (κ1) is 22.4. The predicted molar refractivity (Wildman–Crippen MR) is 122 cm³/mol. The summed E-state index contributed by atoms with van der Waals surface area (Å²) in [7, 11) is 0.246. The van der Waals surface area contributed by atoms with Gasteiger partial charge in [0.15, 0.2) is 11.5 Å². The Morgan fingerprint density at radius 3 is 2.47 bits per heavy atom. The van der Waals surface area contributed by atoms with Crippen molar-refractivity contribution in [3.63, 3.8) is 0 Å². The number of benzene rings is 2. The predicted octanol–water partition coefficient (Wildman–Crippen LogP) is 2.81. The Morgan fingerprint density at radius 2 is 1.75 bits per heavy atom. The number of nitrogens with zero attached hydrogens (tertiary/aromatic N) is 2. The molecule has 0 radical (unpaired) electrons. The number of rotatable bonds is 5. The summed E-state index contributed by atoms with van der Waals surface area (Å²) < 4.78 is 39.4. The maximum Gasteiger partial charge on any atom is 0.262 e. The van der Waals surface area contributed by atoms with Crippen LogP contribution in [0.1, 0.15) is 29.6 Å². The van der Waals surface area contributed by atoms with Crippen LogP contribution in [0.25, 0.3) is 0 Å². The summed E-state index contributed by atoms with van der Waals surface area (Å²) in [5.74, 6) is 0.927. The molecule has 9 heteroatoms. The molecule has 1 N–H and O–H groups in total. The molecular formula is C23H29N3O5S. The Bertz CT molecular complexity index is 1070. The maximum atomic E-state index is 12.9. The van der Waals surface area contributed by atoms with E-state index < -0.39 is 10.0 Å². The molecule has 172 valence electrons. The zero-order chi connectivity index (χ0) is 22.7. The third-order valence-corrected chi connectivity index (χ3v) is 7.21. The van der Waals surface area contributed by atoms with Crippen LogP contribution >= 0.6 is 0 Å². The zero-order valence-corrected chi connectivity index (χ0v) is 19.2. The maximum absolute atomic E-state index is 12.9. The lowest BCUT2D eigenvalue weighted by molar-refractivity contribution is 0.0635. The first-order valence-electron chi connectivity index (χ1n) is 10.8. The third kappa shape index (κ3) is 4.99. The first-order valence-corrected chi connectivity index (χ1v) is 12.3. The number of ether oxygens (including phenoxy) is 2. The number of carbonyl (C=O) groups excluding carboxylic acids is 1. The largest absolute Gasteiger partial charge is 0.490 e. The molecule has 2 aromatic rings. The van der Waals surface area contributed by atoms with E-state index in [2.05, 4.69) is 9.62 Å². The summed E-state index contributed by atoms with van der Waals surface area (Å²) in [5.41, 5.74) is 0.932. The Morgan fingerprint density at radius 1 is 1.03 bits per heavy atom. The van der Waals surface area contributed by atoms with E-state index in [0.29, 0.717) is 48.6 Å². The standard InChI is InChI=1S/C23H29N3O5S/c1-25(2)19-5-3-12-26(16-19)23(27)17-6-8-18(9-7-17)24-32(28,29)20-10-11-21-22(15-20)31-14-4-13-30-21/h6-11,15,19,24H,3-5,12-14,16H2,1-2H3. The summed E-state index contributed by atoms with van der Waals surface area (Å²) >= 11 is 0. The molecule has 1 fully saturated rings. The minimum absolute atomic E-state index is 0.0335. The average molecular weight is 460 g/mol. The van der Waals surface area contributed by atoms with Crippen molar-refractivity contribution in [2.45, 2.75) is 30.2 Å². The van der Waals surface area contributed by atoms with Gasteiger partial charge >= 0.3 is 0 Å². The van der Waals surface area contributed by atoms with Gasteiger partial charge in [0.25, 0.3) is 15.9 Å². The van der Waals surface area contributed by atoms with Gasteiger partial charge in [-0.05, 0) is 63.3 Å². The normalized spacial score (nSPS) is 18.8. The number of carbonyl (C=O) groups is 1. The molecular weight excluding hydrogens is 430 g/mol. The van der Waals surface area contributed by atoms with Gasteiger partial charge in [0.05, 0.1) is 18.1 Å². The van der Waals surface area contributed by atoms with Crippen molar-refractivity contribution in [2.24, 2.45) is 0 Å². The van der Waals surface area contributed by atoms with Gasteiger partial charge in [0, 0.05) is 42.9 Å². The molecule has 0 spiro atoms. The molecule has 1 atom stereocenters. The van der Waals surface area contributed by atoms with Gasteiger partial charge in [-0.1, -0.05) is 0 Å². The van der Waals surface area contributed by atoms with E-state index >= 15 is 0 Å². The number of piperidine rings is 1. The van der Waals surface area contributed by atoms with Crippen molar-refractivity contribution < 1.29 is 22.7 Å². The number of fused-ring (bicyclic) bond motifs is 1. The molecule has 0 aromatic heterocycles. The van der Waals surface area contributed by atoms with Gasteiger partial charge in [-0.3, -0.25) is 9.52 Å². The van der Waals surface area contributed by atoms with E-state index in [9.17, 15) is 13.2 Å². The van der Waals surface area contributed by atoms with Crippen LogP contribution in [0, 0.1) is 0 Å². The number of nitrogens with one attached hydrogen (secondary N) is 1. The number of hydrogen-bond donors (Lipinski definition) is 1. The van der Waals surface area contributed by atoms with Crippen molar-refractivity contribution >= 4 is 21.6 Å². The van der Waals surface area contributed by atoms with Crippen molar-refractivity contribution in [1.82, 2.24) is 9.80 Å². The lowest BCUT2D eigenvalue weighted by Crippen LogP contribution is -2.47. The fraction of sp³-hybridized carbons (Fsp3) is 0.435. The fourth-order valence-electron chi connectivity index (χ4n) is 3.95. The molecule has 1 saturated heterocycles. The molecule has 2 aliphatic rings. The molecule has 0 aliphatic carbocycles. The molecule has 8 nitrogen and oxygen atoms in total. The second kappa shape index (κ2) is 9.38. The fourth-order valence-corrected chi connectivity index (χ4v) is 5.02. The molecule has 4 rings (SSSR count). The lowest BCUT2D eigenvalue weighted by Gasteiger charge is -2.36. The smallest absolute Gasteiger partial charge is 0.262 e. The number of hydrogen-bond acceptors (Lipinski definition) is 6. The van der Waals surface area contributed by atoms with Crippen LogP contribution in [0.5, 0.6) is 11.5 Å². The minimum Gasteiger partial charge on any atom is -0.490 e. The van der Waals surface area contributed by atoms with Gasteiger partial charge in [-0.15, -0.1) is 0 Å². The number of sulfonamides is 1. The molecule has 2 aromatic carbocycles. The van der Waals surface area contributed by atoms with Crippen molar-refractivity contribution in [1.29, 1.82) is 0 Å². The van der Waals surface area contributed by atoms with Crippen molar-refractivity contribution in [2.75, 3.05) is 45.1 Å². The molecule has 2 heterocycles. The second-order valence-electron chi connectivity index (χ2n) is 8.35. The first-order chi connectivity index (χ1) is 15.3. The number of likely N-dealkylation sites (tertiary alicyclic amines) is 1. The number of amides is 1. The number of anilines is 1. The Hall–Kier alpha value is -2.78. The molecule has 1 unspecified atom stereocenters. The summed E-state index contributed by atoms with van der Waals surface area (Å²) in [6.45, 7) is 2.45. The molecule has 2 aliphatic heterocycles. The van der Waals surface area contributed by atoms with E-state index in [1.807, 2.05) is 19.0 Å². The zero-order valence-electron chi connectivity index (χ0n) is 18.4. The van der Waals surface area contributed by atoms with Gasteiger partial charge in [-0.25, -0.2) is 8.42 Å². The van der Waals surface area contributed by atoms with Crippen LogP contribution in [0.3, 0.4) is 0 Å². The van der Waals surface area contributed by atoms with Crippen LogP contribution in [0.4, 0.5) is 5.69 Å². The van der Waals surface area contributed by atoms with Crippen LogP contribution < -0.4 is 14.2 Å². The van der Waals surface area contributed by atoms with E-state index in [0.717, 1.165) is 25.8 Å². The number of likely N-dealkylation sites (N-methyl/N-ethyl adjacent to an activating group) is 1.